The van der Waals surface area contributed by atoms with Crippen LogP contribution >= 0.6 is 11.6 Å². The topological polar surface area (TPSA) is 61.0 Å². The van der Waals surface area contributed by atoms with Gasteiger partial charge in [0.1, 0.15) is 17.5 Å². The quantitative estimate of drug-likeness (QED) is 0.860. The molecule has 0 fully saturated rings. The summed E-state index contributed by atoms with van der Waals surface area (Å²) in [5.74, 6) is 0.654. The molecular formula is C15H16ClN3O. The van der Waals surface area contributed by atoms with E-state index >= 15 is 0 Å². The van der Waals surface area contributed by atoms with Crippen LogP contribution in [0.5, 0.6) is 5.75 Å². The molecule has 0 radical (unpaired) electrons. The highest BCUT2D eigenvalue weighted by Crippen LogP contribution is 2.21. The lowest BCUT2D eigenvalue weighted by Gasteiger charge is -2.09. The molecule has 1 atom stereocenters. The summed E-state index contributed by atoms with van der Waals surface area (Å²) in [7, 11) is 0. The number of hydrogen-bond donors (Lipinski definition) is 1. The van der Waals surface area contributed by atoms with E-state index in [1.165, 1.54) is 0 Å². The second kappa shape index (κ2) is 7.03. The Balaban J connectivity index is 2.14. The van der Waals surface area contributed by atoms with E-state index in [2.05, 4.69) is 9.97 Å². The highest BCUT2D eigenvalue weighted by Gasteiger charge is 2.03. The van der Waals surface area contributed by atoms with Gasteiger partial charge in [-0.05, 0) is 30.7 Å². The average Bonchev–Trinajstić information content (AvgIpc) is 2.46. The van der Waals surface area contributed by atoms with Crippen molar-refractivity contribution < 1.29 is 4.74 Å². The third-order valence-electron chi connectivity index (χ3n) is 2.52. The zero-order valence-electron chi connectivity index (χ0n) is 11.2. The first-order chi connectivity index (χ1) is 9.65. The van der Waals surface area contributed by atoms with Gasteiger partial charge in [0.2, 0.25) is 0 Å². The summed E-state index contributed by atoms with van der Waals surface area (Å²) >= 11 is 6.07. The van der Waals surface area contributed by atoms with E-state index in [9.17, 15) is 0 Å². The zero-order valence-corrected chi connectivity index (χ0v) is 11.9. The van der Waals surface area contributed by atoms with Gasteiger partial charge >= 0.3 is 0 Å². The van der Waals surface area contributed by atoms with Crippen molar-refractivity contribution in [2.45, 2.75) is 13.0 Å². The van der Waals surface area contributed by atoms with Crippen LogP contribution in [0.2, 0.25) is 5.15 Å². The lowest BCUT2D eigenvalue weighted by Crippen LogP contribution is -2.23. The summed E-state index contributed by atoms with van der Waals surface area (Å²) in [4.78, 5) is 8.07. The van der Waals surface area contributed by atoms with Gasteiger partial charge in [-0.2, -0.15) is 0 Å². The van der Waals surface area contributed by atoms with Crippen LogP contribution in [0.3, 0.4) is 0 Å². The maximum Gasteiger partial charge on any atom is 0.138 e. The SMILES string of the molecule is C[C@H](N)COc1cnc(Cl)c(/C=C/c2ccncc2)c1. The largest absolute Gasteiger partial charge is 0.490 e. The minimum Gasteiger partial charge on any atom is -0.490 e. The van der Waals surface area contributed by atoms with Crippen LogP contribution in [0.25, 0.3) is 12.2 Å². The van der Waals surface area contributed by atoms with Crippen LogP contribution in [-0.2, 0) is 0 Å². The predicted octanol–water partition coefficient (Wildman–Crippen LogP) is 3.03. The second-order valence-electron chi connectivity index (χ2n) is 4.45. The summed E-state index contributed by atoms with van der Waals surface area (Å²) in [6.45, 7) is 2.32. The smallest absolute Gasteiger partial charge is 0.138 e. The molecule has 20 heavy (non-hydrogen) atoms. The lowest BCUT2D eigenvalue weighted by molar-refractivity contribution is 0.295. The Labute approximate surface area is 123 Å². The Kier molecular flexibility index (Phi) is 5.09. The molecule has 104 valence electrons. The first-order valence-corrected chi connectivity index (χ1v) is 6.65. The Morgan fingerprint density at radius 1 is 1.35 bits per heavy atom. The summed E-state index contributed by atoms with van der Waals surface area (Å²) in [6, 6.07) is 5.64. The molecule has 2 aromatic heterocycles. The fourth-order valence-electron chi connectivity index (χ4n) is 1.53. The van der Waals surface area contributed by atoms with E-state index in [-0.39, 0.29) is 6.04 Å². The fraction of sp³-hybridized carbons (Fsp3) is 0.200. The Morgan fingerprint density at radius 3 is 2.80 bits per heavy atom. The van der Waals surface area contributed by atoms with Gasteiger partial charge in [0, 0.05) is 24.0 Å². The lowest BCUT2D eigenvalue weighted by atomic mass is 10.2. The summed E-state index contributed by atoms with van der Waals surface area (Å²) in [5, 5.41) is 0.434. The Morgan fingerprint density at radius 2 is 2.10 bits per heavy atom. The molecule has 0 aliphatic rings. The number of hydrogen-bond acceptors (Lipinski definition) is 4. The summed E-state index contributed by atoms with van der Waals surface area (Å²) < 4.78 is 5.53. The first-order valence-electron chi connectivity index (χ1n) is 6.27. The normalized spacial score (nSPS) is 12.6. The van der Waals surface area contributed by atoms with E-state index < -0.39 is 0 Å². The molecule has 0 unspecified atom stereocenters. The summed E-state index contributed by atoms with van der Waals surface area (Å²) in [5.41, 5.74) is 7.49. The molecule has 0 aliphatic heterocycles. The molecule has 0 saturated heterocycles. The zero-order chi connectivity index (χ0) is 14.4. The number of halogens is 1. The van der Waals surface area contributed by atoms with Gasteiger partial charge in [-0.25, -0.2) is 4.98 Å². The van der Waals surface area contributed by atoms with Gasteiger partial charge < -0.3 is 10.5 Å². The average molecular weight is 290 g/mol. The third-order valence-corrected chi connectivity index (χ3v) is 2.83. The minimum atomic E-state index is -0.0264. The van der Waals surface area contributed by atoms with E-state index in [0.717, 1.165) is 11.1 Å². The number of ether oxygens (including phenoxy) is 1. The molecule has 2 N–H and O–H groups in total. The molecule has 0 bridgehead atoms. The third kappa shape index (κ3) is 4.33. The van der Waals surface area contributed by atoms with Crippen LogP contribution in [0, 0.1) is 0 Å². The van der Waals surface area contributed by atoms with E-state index in [1.807, 2.05) is 37.3 Å². The minimum absolute atomic E-state index is 0.0264. The van der Waals surface area contributed by atoms with Gasteiger partial charge in [-0.1, -0.05) is 23.8 Å². The van der Waals surface area contributed by atoms with Gasteiger partial charge in [-0.3, -0.25) is 4.98 Å². The summed E-state index contributed by atoms with van der Waals surface area (Å²) in [6.07, 6.45) is 8.90. The van der Waals surface area contributed by atoms with Crippen LogP contribution in [0.4, 0.5) is 0 Å². The van der Waals surface area contributed by atoms with Crippen molar-refractivity contribution >= 4 is 23.8 Å². The Hall–Kier alpha value is -1.91. The predicted molar refractivity (Wildman–Crippen MR) is 81.6 cm³/mol. The van der Waals surface area contributed by atoms with Gasteiger partial charge in [0.15, 0.2) is 0 Å². The van der Waals surface area contributed by atoms with Gasteiger partial charge in [-0.15, -0.1) is 0 Å². The highest BCUT2D eigenvalue weighted by molar-refractivity contribution is 6.31. The number of aromatic nitrogens is 2. The van der Waals surface area contributed by atoms with Crippen LogP contribution in [0.1, 0.15) is 18.1 Å². The number of pyridine rings is 2. The maximum atomic E-state index is 6.07. The van der Waals surface area contributed by atoms with Crippen molar-refractivity contribution in [3.8, 4) is 5.75 Å². The van der Waals surface area contributed by atoms with Crippen LogP contribution in [0.15, 0.2) is 36.8 Å². The maximum absolute atomic E-state index is 6.07. The standard InChI is InChI=1S/C15H16ClN3O/c1-11(17)10-20-14-8-13(15(16)19-9-14)3-2-12-4-6-18-7-5-12/h2-9,11H,10,17H2,1H3/b3-2+/t11-/m0/s1. The van der Waals surface area contributed by atoms with E-state index in [1.54, 1.807) is 18.6 Å². The molecular weight excluding hydrogens is 274 g/mol. The second-order valence-corrected chi connectivity index (χ2v) is 4.81. The number of nitrogens with two attached hydrogens (primary N) is 1. The Bertz CT molecular complexity index is 585. The molecule has 0 amide bonds. The molecule has 2 rings (SSSR count). The van der Waals surface area contributed by atoms with Crippen molar-refractivity contribution in [3.05, 3.63) is 53.1 Å². The molecule has 0 saturated carbocycles. The van der Waals surface area contributed by atoms with Crippen molar-refractivity contribution in [2.75, 3.05) is 6.61 Å². The van der Waals surface area contributed by atoms with Crippen molar-refractivity contribution in [1.82, 2.24) is 9.97 Å². The molecule has 0 aromatic carbocycles. The molecule has 4 nitrogen and oxygen atoms in total. The molecule has 5 heteroatoms. The first kappa shape index (κ1) is 14.5. The van der Waals surface area contributed by atoms with Gasteiger partial charge in [0.25, 0.3) is 0 Å². The monoisotopic (exact) mass is 289 g/mol. The van der Waals surface area contributed by atoms with Crippen molar-refractivity contribution in [3.63, 3.8) is 0 Å². The van der Waals surface area contributed by atoms with Gasteiger partial charge in [0.05, 0.1) is 6.20 Å². The van der Waals surface area contributed by atoms with E-state index in [4.69, 9.17) is 22.1 Å². The molecule has 2 heterocycles. The molecule has 0 spiro atoms. The van der Waals surface area contributed by atoms with Crippen molar-refractivity contribution in [1.29, 1.82) is 0 Å². The fourth-order valence-corrected chi connectivity index (χ4v) is 1.70. The highest BCUT2D eigenvalue weighted by atomic mass is 35.5. The molecule has 0 aliphatic carbocycles. The van der Waals surface area contributed by atoms with Crippen LogP contribution in [-0.4, -0.2) is 22.6 Å². The number of nitrogens with zero attached hydrogens (tertiary/aromatic N) is 2. The number of rotatable bonds is 5. The molecule has 2 aromatic rings. The van der Waals surface area contributed by atoms with Crippen molar-refractivity contribution in [2.24, 2.45) is 5.73 Å². The van der Waals surface area contributed by atoms with E-state index in [0.29, 0.717) is 17.5 Å². The van der Waals surface area contributed by atoms with Crippen LogP contribution < -0.4 is 10.5 Å².